The summed E-state index contributed by atoms with van der Waals surface area (Å²) in [5, 5.41) is 15.6. The molecular formula is C6H7N3O4. The molecule has 7 heteroatoms. The van der Waals surface area contributed by atoms with Gasteiger partial charge in [-0.15, -0.1) is 10.2 Å². The van der Waals surface area contributed by atoms with Crippen molar-refractivity contribution >= 4 is 11.9 Å². The van der Waals surface area contributed by atoms with Crippen LogP contribution in [0.5, 0.6) is 0 Å². The Morgan fingerprint density at radius 2 is 1.92 bits per heavy atom. The quantitative estimate of drug-likeness (QED) is 0.612. The van der Waals surface area contributed by atoms with Crippen molar-refractivity contribution < 1.29 is 19.4 Å². The SMILES string of the molecule is COC(=O)c1nn(C)nc1C(=O)O. The number of carboxylic acids is 1. The third-order valence-corrected chi connectivity index (χ3v) is 1.30. The van der Waals surface area contributed by atoms with E-state index in [2.05, 4.69) is 14.9 Å². The van der Waals surface area contributed by atoms with Crippen molar-refractivity contribution in [2.24, 2.45) is 7.05 Å². The number of hydrogen-bond acceptors (Lipinski definition) is 5. The van der Waals surface area contributed by atoms with E-state index in [-0.39, 0.29) is 5.69 Å². The average molecular weight is 185 g/mol. The number of methoxy groups -OCH3 is 1. The molecule has 0 spiro atoms. The third kappa shape index (κ3) is 1.63. The molecule has 0 aliphatic carbocycles. The van der Waals surface area contributed by atoms with Crippen LogP contribution >= 0.6 is 0 Å². The highest BCUT2D eigenvalue weighted by Crippen LogP contribution is 2.03. The largest absolute Gasteiger partial charge is 0.476 e. The first kappa shape index (κ1) is 9.17. The van der Waals surface area contributed by atoms with Crippen LogP contribution in [-0.4, -0.2) is 39.1 Å². The summed E-state index contributed by atoms with van der Waals surface area (Å²) in [6, 6.07) is 0. The molecule has 13 heavy (non-hydrogen) atoms. The van der Waals surface area contributed by atoms with Gasteiger partial charge in [-0.25, -0.2) is 9.59 Å². The molecule has 0 radical (unpaired) electrons. The van der Waals surface area contributed by atoms with Crippen LogP contribution < -0.4 is 0 Å². The zero-order valence-corrected chi connectivity index (χ0v) is 7.01. The zero-order chi connectivity index (χ0) is 10.0. The highest BCUT2D eigenvalue weighted by molar-refractivity contribution is 5.99. The number of hydrogen-bond donors (Lipinski definition) is 1. The van der Waals surface area contributed by atoms with Crippen LogP contribution in [0.2, 0.25) is 0 Å². The topological polar surface area (TPSA) is 94.3 Å². The number of esters is 1. The average Bonchev–Trinajstić information content (AvgIpc) is 2.46. The highest BCUT2D eigenvalue weighted by Gasteiger charge is 2.23. The van der Waals surface area contributed by atoms with Crippen molar-refractivity contribution in [1.82, 2.24) is 15.0 Å². The molecule has 0 amide bonds. The van der Waals surface area contributed by atoms with E-state index < -0.39 is 17.6 Å². The Balaban J connectivity index is 3.19. The molecule has 0 aromatic carbocycles. The van der Waals surface area contributed by atoms with Gasteiger partial charge in [0.05, 0.1) is 7.11 Å². The van der Waals surface area contributed by atoms with Gasteiger partial charge < -0.3 is 9.84 Å². The lowest BCUT2D eigenvalue weighted by molar-refractivity contribution is 0.0575. The molecule has 0 unspecified atom stereocenters. The van der Waals surface area contributed by atoms with Gasteiger partial charge in [0, 0.05) is 7.05 Å². The number of carbonyl (C=O) groups excluding carboxylic acids is 1. The van der Waals surface area contributed by atoms with Gasteiger partial charge in [-0.3, -0.25) is 0 Å². The van der Waals surface area contributed by atoms with Gasteiger partial charge in [0.1, 0.15) is 0 Å². The first-order chi connectivity index (χ1) is 6.06. The number of carbonyl (C=O) groups is 2. The standard InChI is InChI=1S/C6H7N3O4/c1-9-7-3(5(10)11)4(8-9)6(12)13-2/h1-2H3,(H,10,11). The van der Waals surface area contributed by atoms with Gasteiger partial charge in [0.15, 0.2) is 0 Å². The van der Waals surface area contributed by atoms with Crippen LogP contribution in [0.3, 0.4) is 0 Å². The molecular weight excluding hydrogens is 178 g/mol. The molecule has 0 fully saturated rings. The molecule has 0 saturated heterocycles. The van der Waals surface area contributed by atoms with E-state index in [1.807, 2.05) is 0 Å². The molecule has 1 heterocycles. The Morgan fingerprint density at radius 3 is 2.38 bits per heavy atom. The Bertz CT molecular complexity index is 357. The first-order valence-corrected chi connectivity index (χ1v) is 3.29. The van der Waals surface area contributed by atoms with E-state index in [0.717, 1.165) is 11.9 Å². The molecule has 1 N–H and O–H groups in total. The van der Waals surface area contributed by atoms with Crippen LogP contribution in [0.4, 0.5) is 0 Å². The fourth-order valence-electron chi connectivity index (χ4n) is 0.785. The summed E-state index contributed by atoms with van der Waals surface area (Å²) < 4.78 is 4.32. The second-order valence-corrected chi connectivity index (χ2v) is 2.18. The summed E-state index contributed by atoms with van der Waals surface area (Å²) in [7, 11) is 2.56. The second-order valence-electron chi connectivity index (χ2n) is 2.18. The van der Waals surface area contributed by atoms with Crippen molar-refractivity contribution in [1.29, 1.82) is 0 Å². The van der Waals surface area contributed by atoms with Crippen LogP contribution in [0.1, 0.15) is 21.0 Å². The van der Waals surface area contributed by atoms with Gasteiger partial charge in [-0.2, -0.15) is 4.80 Å². The minimum Gasteiger partial charge on any atom is -0.476 e. The van der Waals surface area contributed by atoms with Crippen LogP contribution in [0, 0.1) is 0 Å². The molecule has 1 rings (SSSR count). The normalized spacial score (nSPS) is 9.69. The number of aromatic carboxylic acids is 1. The number of rotatable bonds is 2. The van der Waals surface area contributed by atoms with E-state index in [4.69, 9.17) is 5.11 Å². The van der Waals surface area contributed by atoms with Gasteiger partial charge in [0.25, 0.3) is 0 Å². The lowest BCUT2D eigenvalue weighted by Gasteiger charge is -1.92. The minimum absolute atomic E-state index is 0.294. The van der Waals surface area contributed by atoms with Crippen molar-refractivity contribution in [2.45, 2.75) is 0 Å². The smallest absolute Gasteiger partial charge is 0.361 e. The highest BCUT2D eigenvalue weighted by atomic mass is 16.5. The minimum atomic E-state index is -1.31. The van der Waals surface area contributed by atoms with Crippen LogP contribution in [-0.2, 0) is 11.8 Å². The molecule has 0 aliphatic heterocycles. The summed E-state index contributed by atoms with van der Waals surface area (Å²) in [5.41, 5.74) is -0.702. The molecule has 0 saturated carbocycles. The Labute approximate surface area is 72.9 Å². The third-order valence-electron chi connectivity index (χ3n) is 1.30. The fourth-order valence-corrected chi connectivity index (χ4v) is 0.785. The monoisotopic (exact) mass is 185 g/mol. The molecule has 0 atom stereocenters. The first-order valence-electron chi connectivity index (χ1n) is 3.29. The molecule has 70 valence electrons. The Kier molecular flexibility index (Phi) is 2.27. The van der Waals surface area contributed by atoms with Crippen molar-refractivity contribution in [2.75, 3.05) is 7.11 Å². The fraction of sp³-hybridized carbons (Fsp3) is 0.333. The van der Waals surface area contributed by atoms with Gasteiger partial charge in [-0.1, -0.05) is 0 Å². The van der Waals surface area contributed by atoms with E-state index >= 15 is 0 Å². The Hall–Kier alpha value is -1.92. The summed E-state index contributed by atoms with van der Waals surface area (Å²) in [6.07, 6.45) is 0. The molecule has 0 aliphatic rings. The summed E-state index contributed by atoms with van der Waals surface area (Å²) in [5.74, 6) is -2.13. The van der Waals surface area contributed by atoms with Crippen LogP contribution in [0.15, 0.2) is 0 Å². The van der Waals surface area contributed by atoms with E-state index in [1.54, 1.807) is 0 Å². The molecule has 1 aromatic rings. The van der Waals surface area contributed by atoms with Gasteiger partial charge in [0.2, 0.25) is 11.4 Å². The summed E-state index contributed by atoms with van der Waals surface area (Å²) in [4.78, 5) is 22.5. The van der Waals surface area contributed by atoms with Crippen LogP contribution in [0.25, 0.3) is 0 Å². The predicted molar refractivity (Wildman–Crippen MR) is 39.3 cm³/mol. The second kappa shape index (κ2) is 3.21. The van der Waals surface area contributed by atoms with E-state index in [9.17, 15) is 9.59 Å². The van der Waals surface area contributed by atoms with Crippen molar-refractivity contribution in [3.05, 3.63) is 11.4 Å². The number of aromatic nitrogens is 3. The van der Waals surface area contributed by atoms with Crippen molar-refractivity contribution in [3.8, 4) is 0 Å². The molecule has 0 bridgehead atoms. The van der Waals surface area contributed by atoms with E-state index in [0.29, 0.717) is 0 Å². The van der Waals surface area contributed by atoms with E-state index in [1.165, 1.54) is 7.05 Å². The number of nitrogens with zero attached hydrogens (tertiary/aromatic N) is 3. The number of ether oxygens (including phenoxy) is 1. The van der Waals surface area contributed by atoms with Gasteiger partial charge in [-0.05, 0) is 0 Å². The maximum atomic E-state index is 11.0. The zero-order valence-electron chi connectivity index (χ0n) is 7.01. The summed E-state index contributed by atoms with van der Waals surface area (Å²) >= 11 is 0. The molecule has 7 nitrogen and oxygen atoms in total. The lowest BCUT2D eigenvalue weighted by atomic mass is 10.3. The van der Waals surface area contributed by atoms with Crippen molar-refractivity contribution in [3.63, 3.8) is 0 Å². The lowest BCUT2D eigenvalue weighted by Crippen LogP contribution is -2.09. The number of aryl methyl sites for hydroxylation is 1. The predicted octanol–water partition coefficient (Wildman–Crippen LogP) is -0.700. The summed E-state index contributed by atoms with van der Waals surface area (Å²) in [6.45, 7) is 0. The maximum absolute atomic E-state index is 11.0. The maximum Gasteiger partial charge on any atom is 0.361 e. The molecule has 1 aromatic heterocycles. The number of carboxylic acid groups (broad SMARTS) is 1. The Morgan fingerprint density at radius 1 is 1.38 bits per heavy atom. The van der Waals surface area contributed by atoms with Gasteiger partial charge >= 0.3 is 11.9 Å².